The summed E-state index contributed by atoms with van der Waals surface area (Å²) < 4.78 is 10.6. The van der Waals surface area contributed by atoms with E-state index in [1.54, 1.807) is 11.3 Å². The SMILES string of the molecule is C1=Cc2c(sc3cccc(-c4ccc(-c5nc(-c6ccc7ccccc7c6)nc(-c6cccc7sc8ccccc8c67)n5)c5c4oc4ccccc45)c23)CC1. The summed E-state index contributed by atoms with van der Waals surface area (Å²) in [6.07, 6.45) is 6.78. The van der Waals surface area contributed by atoms with E-state index in [1.165, 1.54) is 51.6 Å². The number of hydrogen-bond donors (Lipinski definition) is 0. The fourth-order valence-electron chi connectivity index (χ4n) is 8.49. The minimum absolute atomic E-state index is 0.613. The molecule has 0 aliphatic heterocycles. The summed E-state index contributed by atoms with van der Waals surface area (Å²) in [5.74, 6) is 1.89. The van der Waals surface area contributed by atoms with E-state index in [1.807, 2.05) is 17.4 Å². The van der Waals surface area contributed by atoms with Crippen molar-refractivity contribution in [2.75, 3.05) is 0 Å². The number of fused-ring (bicyclic) bond motifs is 10. The Morgan fingerprint density at radius 2 is 1.18 bits per heavy atom. The fourth-order valence-corrected chi connectivity index (χ4v) is 10.9. The molecule has 55 heavy (non-hydrogen) atoms. The van der Waals surface area contributed by atoms with Crippen molar-refractivity contribution in [3.63, 3.8) is 0 Å². The molecule has 0 saturated carbocycles. The van der Waals surface area contributed by atoms with Crippen LogP contribution in [0.4, 0.5) is 0 Å². The van der Waals surface area contributed by atoms with Crippen LogP contribution in [-0.2, 0) is 6.42 Å². The van der Waals surface area contributed by atoms with Crippen LogP contribution in [0.5, 0.6) is 0 Å². The molecule has 7 aromatic carbocycles. The largest absolute Gasteiger partial charge is 0.455 e. The molecule has 0 radical (unpaired) electrons. The maximum absolute atomic E-state index is 6.86. The van der Waals surface area contributed by atoms with E-state index in [4.69, 9.17) is 19.4 Å². The Balaban J connectivity index is 1.15. The van der Waals surface area contributed by atoms with Crippen LogP contribution in [0, 0.1) is 0 Å². The Labute approximate surface area is 323 Å². The molecule has 0 N–H and O–H groups in total. The molecule has 0 unspecified atom stereocenters. The van der Waals surface area contributed by atoms with Gasteiger partial charge in [-0.25, -0.2) is 15.0 Å². The summed E-state index contributed by atoms with van der Waals surface area (Å²) >= 11 is 3.71. The number of para-hydroxylation sites is 1. The fraction of sp³-hybridized carbons (Fsp3) is 0.0408. The molecule has 0 spiro atoms. The zero-order valence-electron chi connectivity index (χ0n) is 29.4. The van der Waals surface area contributed by atoms with Crippen molar-refractivity contribution in [2.24, 2.45) is 0 Å². The molecule has 0 saturated heterocycles. The van der Waals surface area contributed by atoms with Crippen molar-refractivity contribution in [1.82, 2.24) is 15.0 Å². The van der Waals surface area contributed by atoms with Crippen LogP contribution in [0.15, 0.2) is 150 Å². The summed E-state index contributed by atoms with van der Waals surface area (Å²) in [5.41, 5.74) is 8.12. The van der Waals surface area contributed by atoms with Crippen molar-refractivity contribution in [3.8, 4) is 45.3 Å². The van der Waals surface area contributed by atoms with Gasteiger partial charge in [0.05, 0.1) is 0 Å². The topological polar surface area (TPSA) is 51.8 Å². The second-order valence-corrected chi connectivity index (χ2v) is 16.4. The van der Waals surface area contributed by atoms with Crippen molar-refractivity contribution < 1.29 is 4.42 Å². The zero-order valence-corrected chi connectivity index (χ0v) is 31.0. The molecule has 6 heteroatoms. The molecule has 4 aromatic heterocycles. The van der Waals surface area contributed by atoms with Gasteiger partial charge in [-0.05, 0) is 77.2 Å². The molecule has 12 rings (SSSR count). The van der Waals surface area contributed by atoms with Crippen LogP contribution >= 0.6 is 22.7 Å². The van der Waals surface area contributed by atoms with Gasteiger partial charge in [0.25, 0.3) is 0 Å². The third-order valence-corrected chi connectivity index (χ3v) is 13.4. The highest BCUT2D eigenvalue weighted by Gasteiger charge is 2.24. The lowest BCUT2D eigenvalue weighted by molar-refractivity contribution is 0.670. The Bertz CT molecular complexity index is 3400. The lowest BCUT2D eigenvalue weighted by atomic mass is 9.93. The van der Waals surface area contributed by atoms with Crippen LogP contribution in [-0.4, -0.2) is 15.0 Å². The minimum atomic E-state index is 0.613. The van der Waals surface area contributed by atoms with E-state index >= 15 is 0 Å². The van der Waals surface area contributed by atoms with Crippen LogP contribution < -0.4 is 0 Å². The molecule has 0 amide bonds. The number of nitrogens with zero attached hydrogens (tertiary/aromatic N) is 3. The minimum Gasteiger partial charge on any atom is -0.455 e. The smallest absolute Gasteiger partial charge is 0.164 e. The molecule has 0 fully saturated rings. The van der Waals surface area contributed by atoms with Crippen molar-refractivity contribution in [2.45, 2.75) is 12.8 Å². The first-order chi connectivity index (χ1) is 27.2. The van der Waals surface area contributed by atoms with E-state index in [9.17, 15) is 0 Å². The average molecular weight is 740 g/mol. The van der Waals surface area contributed by atoms with Gasteiger partial charge in [-0.2, -0.15) is 0 Å². The Hall–Kier alpha value is -6.47. The number of allylic oxidation sites excluding steroid dienone is 1. The molecule has 0 bridgehead atoms. The third kappa shape index (κ3) is 4.78. The predicted octanol–water partition coefficient (Wildman–Crippen LogP) is 14.1. The first-order valence-corrected chi connectivity index (χ1v) is 20.2. The second kappa shape index (κ2) is 12.0. The highest BCUT2D eigenvalue weighted by atomic mass is 32.1. The summed E-state index contributed by atoms with van der Waals surface area (Å²) in [6.45, 7) is 0. The van der Waals surface area contributed by atoms with Crippen LogP contribution in [0.2, 0.25) is 0 Å². The molecule has 4 heterocycles. The van der Waals surface area contributed by atoms with E-state index in [0.29, 0.717) is 17.5 Å². The number of aromatic nitrogens is 3. The quantitative estimate of drug-likeness (QED) is 0.180. The Morgan fingerprint density at radius 1 is 0.491 bits per heavy atom. The standard InChI is InChI=1S/C49H29N3OS2/c1-2-12-29-27-30(24-23-28(29)11-1)47-50-48(36-17-10-22-42-44(36)35-15-5-8-20-40(35)55-42)52-49(51-47)37-26-25-32(46-45(37)33-13-3-6-18-38(33)53-46)31-16-9-21-41-43(31)34-14-4-7-19-39(34)54-41/h1-6,8-18,20-27H,7,19H2. The van der Waals surface area contributed by atoms with E-state index < -0.39 is 0 Å². The summed E-state index contributed by atoms with van der Waals surface area (Å²) in [7, 11) is 0. The highest BCUT2D eigenvalue weighted by Crippen LogP contribution is 2.47. The lowest BCUT2D eigenvalue weighted by Gasteiger charge is -2.13. The normalized spacial score (nSPS) is 12.9. The molecule has 11 aromatic rings. The number of aryl methyl sites for hydroxylation is 1. The van der Waals surface area contributed by atoms with Crippen molar-refractivity contribution in [3.05, 3.63) is 156 Å². The Morgan fingerprint density at radius 3 is 2.07 bits per heavy atom. The molecule has 4 nitrogen and oxygen atoms in total. The van der Waals surface area contributed by atoms with Gasteiger partial charge in [0.2, 0.25) is 0 Å². The van der Waals surface area contributed by atoms with Gasteiger partial charge in [-0.3, -0.25) is 0 Å². The van der Waals surface area contributed by atoms with Crippen LogP contribution in [0.25, 0.3) is 114 Å². The van der Waals surface area contributed by atoms with Crippen LogP contribution in [0.3, 0.4) is 0 Å². The third-order valence-electron chi connectivity index (χ3n) is 11.0. The van der Waals surface area contributed by atoms with Crippen LogP contribution in [0.1, 0.15) is 16.9 Å². The van der Waals surface area contributed by atoms with Gasteiger partial charge in [0.15, 0.2) is 17.5 Å². The first-order valence-electron chi connectivity index (χ1n) is 18.6. The molecular formula is C49H29N3OS2. The lowest BCUT2D eigenvalue weighted by Crippen LogP contribution is -2.01. The monoisotopic (exact) mass is 739 g/mol. The second-order valence-electron chi connectivity index (χ2n) is 14.2. The Kier molecular flexibility index (Phi) is 6.76. The first kappa shape index (κ1) is 30.9. The van der Waals surface area contributed by atoms with E-state index in [2.05, 4.69) is 146 Å². The van der Waals surface area contributed by atoms with E-state index in [-0.39, 0.29) is 0 Å². The molecular weight excluding hydrogens is 711 g/mol. The number of furan rings is 1. The van der Waals surface area contributed by atoms with Crippen molar-refractivity contribution in [1.29, 1.82) is 0 Å². The van der Waals surface area contributed by atoms with E-state index in [0.717, 1.165) is 62.4 Å². The average Bonchev–Trinajstić information content (AvgIpc) is 3.95. The highest BCUT2D eigenvalue weighted by molar-refractivity contribution is 7.26. The number of thiophene rings is 2. The number of hydrogen-bond acceptors (Lipinski definition) is 6. The maximum atomic E-state index is 6.86. The maximum Gasteiger partial charge on any atom is 0.164 e. The van der Waals surface area contributed by atoms with Gasteiger partial charge < -0.3 is 4.42 Å². The molecule has 258 valence electrons. The van der Waals surface area contributed by atoms with Gasteiger partial charge >= 0.3 is 0 Å². The van der Waals surface area contributed by atoms with Gasteiger partial charge in [0.1, 0.15) is 11.2 Å². The van der Waals surface area contributed by atoms with Gasteiger partial charge in [0, 0.05) is 68.2 Å². The van der Waals surface area contributed by atoms with Gasteiger partial charge in [-0.15, -0.1) is 22.7 Å². The predicted molar refractivity (Wildman–Crippen MR) is 232 cm³/mol. The zero-order chi connectivity index (χ0) is 36.0. The summed E-state index contributed by atoms with van der Waals surface area (Å²) in [4.78, 5) is 17.4. The number of benzene rings is 7. The van der Waals surface area contributed by atoms with Gasteiger partial charge in [-0.1, -0.05) is 109 Å². The summed E-state index contributed by atoms with van der Waals surface area (Å²) in [5, 5.41) is 8.03. The molecule has 0 atom stereocenters. The summed E-state index contributed by atoms with van der Waals surface area (Å²) in [6, 6.07) is 49.3. The number of rotatable bonds is 4. The molecule has 1 aliphatic rings. The van der Waals surface area contributed by atoms with Crippen molar-refractivity contribution >= 4 is 91.7 Å². The molecule has 1 aliphatic carbocycles.